The second kappa shape index (κ2) is 12.9. The SMILES string of the molecule is CCOc1cc(C(F)(F)F)ccc1C1(S(=O)(=O)CCN2CCOCC2)NC(c2ccc(Cl)cc2)C(c2ccc(Cl)cc2)N1. The first kappa shape index (κ1) is 32.0. The predicted molar refractivity (Wildman–Crippen MR) is 160 cm³/mol. The molecule has 232 valence electrons. The molecule has 0 spiro atoms. The summed E-state index contributed by atoms with van der Waals surface area (Å²) in [4.78, 5) is -0.0181. The number of sulfone groups is 1. The number of hydrogen-bond donors (Lipinski definition) is 2. The van der Waals surface area contributed by atoms with Crippen molar-refractivity contribution in [2.75, 3.05) is 45.2 Å². The van der Waals surface area contributed by atoms with Crippen molar-refractivity contribution in [3.8, 4) is 5.75 Å². The van der Waals surface area contributed by atoms with Crippen molar-refractivity contribution in [1.29, 1.82) is 0 Å². The molecule has 0 radical (unpaired) electrons. The van der Waals surface area contributed by atoms with E-state index in [-0.39, 0.29) is 30.2 Å². The van der Waals surface area contributed by atoms with Gasteiger partial charge in [0.15, 0.2) is 9.84 Å². The average Bonchev–Trinajstić information content (AvgIpc) is 3.40. The Morgan fingerprint density at radius 2 is 1.47 bits per heavy atom. The molecule has 0 amide bonds. The lowest BCUT2D eigenvalue weighted by atomic mass is 9.95. The summed E-state index contributed by atoms with van der Waals surface area (Å²) in [6.45, 7) is 4.02. The number of ether oxygens (including phenoxy) is 2. The van der Waals surface area contributed by atoms with Gasteiger partial charge in [0, 0.05) is 35.2 Å². The van der Waals surface area contributed by atoms with Crippen LogP contribution in [0.4, 0.5) is 13.2 Å². The molecule has 13 heteroatoms. The van der Waals surface area contributed by atoms with Gasteiger partial charge in [0.1, 0.15) is 5.75 Å². The normalized spacial score (nSPS) is 23.4. The molecule has 2 fully saturated rings. The fourth-order valence-corrected chi connectivity index (χ4v) is 7.71. The molecular formula is C30H32Cl2F3N3O4S. The highest BCUT2D eigenvalue weighted by molar-refractivity contribution is 7.92. The Balaban J connectivity index is 1.67. The molecule has 2 atom stereocenters. The van der Waals surface area contributed by atoms with Crippen molar-refractivity contribution in [2.24, 2.45) is 0 Å². The highest BCUT2D eigenvalue weighted by Gasteiger charge is 2.56. The van der Waals surface area contributed by atoms with Gasteiger partial charge >= 0.3 is 6.18 Å². The lowest BCUT2D eigenvalue weighted by Crippen LogP contribution is -2.55. The monoisotopic (exact) mass is 657 g/mol. The van der Waals surface area contributed by atoms with E-state index >= 15 is 0 Å². The summed E-state index contributed by atoms with van der Waals surface area (Å²) < 4.78 is 81.6. The van der Waals surface area contributed by atoms with E-state index in [1.165, 1.54) is 6.07 Å². The van der Waals surface area contributed by atoms with Crippen LogP contribution >= 0.6 is 23.2 Å². The summed E-state index contributed by atoms with van der Waals surface area (Å²) in [7, 11) is -4.18. The zero-order valence-corrected chi connectivity index (χ0v) is 25.7. The Hall–Kier alpha value is -2.38. The van der Waals surface area contributed by atoms with Crippen LogP contribution in [0.3, 0.4) is 0 Å². The lowest BCUT2D eigenvalue weighted by molar-refractivity contribution is -0.137. The van der Waals surface area contributed by atoms with Crippen molar-refractivity contribution in [2.45, 2.75) is 30.2 Å². The highest BCUT2D eigenvalue weighted by Crippen LogP contribution is 2.47. The topological polar surface area (TPSA) is 79.9 Å². The third-order valence-electron chi connectivity index (χ3n) is 7.74. The zero-order valence-electron chi connectivity index (χ0n) is 23.3. The van der Waals surface area contributed by atoms with Gasteiger partial charge in [0.25, 0.3) is 0 Å². The second-order valence-electron chi connectivity index (χ2n) is 10.4. The van der Waals surface area contributed by atoms with Gasteiger partial charge < -0.3 is 9.47 Å². The number of nitrogens with zero attached hydrogens (tertiary/aromatic N) is 1. The molecule has 0 aliphatic carbocycles. The minimum atomic E-state index is -4.65. The van der Waals surface area contributed by atoms with Crippen molar-refractivity contribution in [3.05, 3.63) is 99.0 Å². The summed E-state index contributed by atoms with van der Waals surface area (Å²) >= 11 is 12.3. The van der Waals surface area contributed by atoms with E-state index in [1.807, 2.05) is 4.90 Å². The summed E-state index contributed by atoms with van der Waals surface area (Å²) in [6.07, 6.45) is -4.65. The molecule has 3 aromatic carbocycles. The van der Waals surface area contributed by atoms with Gasteiger partial charge in [0.05, 0.1) is 43.2 Å². The first-order valence-electron chi connectivity index (χ1n) is 13.9. The van der Waals surface area contributed by atoms with E-state index < -0.39 is 38.7 Å². The molecule has 2 N–H and O–H groups in total. The Morgan fingerprint density at radius 3 is 1.95 bits per heavy atom. The largest absolute Gasteiger partial charge is 0.493 e. The Labute approximate surface area is 259 Å². The van der Waals surface area contributed by atoms with E-state index in [0.717, 1.165) is 23.3 Å². The van der Waals surface area contributed by atoms with Gasteiger partial charge in [-0.25, -0.2) is 8.42 Å². The molecule has 5 rings (SSSR count). The van der Waals surface area contributed by atoms with Crippen molar-refractivity contribution >= 4 is 33.0 Å². The number of morpholine rings is 1. The first-order valence-corrected chi connectivity index (χ1v) is 16.3. The fourth-order valence-electron chi connectivity index (χ4n) is 5.53. The van der Waals surface area contributed by atoms with E-state index in [4.69, 9.17) is 32.7 Å². The van der Waals surface area contributed by atoms with Gasteiger partial charge in [-0.2, -0.15) is 13.2 Å². The quantitative estimate of drug-likeness (QED) is 0.295. The third kappa shape index (κ3) is 6.83. The predicted octanol–water partition coefficient (Wildman–Crippen LogP) is 5.94. The molecule has 3 aromatic rings. The van der Waals surface area contributed by atoms with Crippen LogP contribution in [0.15, 0.2) is 66.7 Å². The molecule has 2 heterocycles. The second-order valence-corrected chi connectivity index (χ2v) is 13.6. The molecule has 2 aliphatic heterocycles. The summed E-state index contributed by atoms with van der Waals surface area (Å²) in [5.41, 5.74) is 0.556. The standard InChI is InChI=1S/C30H32Cl2F3N3O4S/c1-2-42-26-19-22(29(33,34)35)7-12-25(26)30(43(39,40)18-15-38-13-16-41-17-14-38)36-27(20-3-8-23(31)9-4-20)28(37-30)21-5-10-24(32)11-6-21/h3-12,19,27-28,36-37H,2,13-18H2,1H3. The number of rotatable bonds is 9. The molecule has 0 saturated carbocycles. The summed E-state index contributed by atoms with van der Waals surface area (Å²) in [5, 5.41) is 7.66. The molecular weight excluding hydrogens is 626 g/mol. The maximum absolute atomic E-state index is 14.6. The van der Waals surface area contributed by atoms with Crippen LogP contribution < -0.4 is 15.4 Å². The molecule has 7 nitrogen and oxygen atoms in total. The number of alkyl halides is 3. The van der Waals surface area contributed by atoms with Gasteiger partial charge in [-0.3, -0.25) is 15.5 Å². The van der Waals surface area contributed by atoms with Crippen molar-refractivity contribution in [3.63, 3.8) is 0 Å². The summed E-state index contributed by atoms with van der Waals surface area (Å²) in [6, 6.07) is 15.6. The van der Waals surface area contributed by atoms with Crippen LogP contribution in [-0.4, -0.2) is 58.5 Å². The van der Waals surface area contributed by atoms with Gasteiger partial charge in [-0.1, -0.05) is 53.5 Å². The molecule has 43 heavy (non-hydrogen) atoms. The number of benzene rings is 3. The minimum absolute atomic E-state index is 0.0272. The van der Waals surface area contributed by atoms with E-state index in [1.54, 1.807) is 55.5 Å². The van der Waals surface area contributed by atoms with E-state index in [2.05, 4.69) is 10.6 Å². The number of halogens is 5. The van der Waals surface area contributed by atoms with Crippen LogP contribution in [0, 0.1) is 0 Å². The lowest BCUT2D eigenvalue weighted by Gasteiger charge is -2.34. The Morgan fingerprint density at radius 1 is 0.930 bits per heavy atom. The fraction of sp³-hybridized carbons (Fsp3) is 0.400. The Kier molecular flexibility index (Phi) is 9.63. The molecule has 2 saturated heterocycles. The minimum Gasteiger partial charge on any atom is -0.493 e. The smallest absolute Gasteiger partial charge is 0.416 e. The average molecular weight is 659 g/mol. The molecule has 0 aromatic heterocycles. The maximum Gasteiger partial charge on any atom is 0.416 e. The number of nitrogens with one attached hydrogen (secondary N) is 2. The zero-order chi connectivity index (χ0) is 30.8. The van der Waals surface area contributed by atoms with Gasteiger partial charge in [-0.05, 0) is 54.4 Å². The third-order valence-corrected chi connectivity index (χ3v) is 10.4. The molecule has 0 bridgehead atoms. The first-order chi connectivity index (χ1) is 20.4. The van der Waals surface area contributed by atoms with Crippen LogP contribution in [0.1, 0.15) is 41.3 Å². The molecule has 2 aliphatic rings. The van der Waals surface area contributed by atoms with Crippen LogP contribution in [0.25, 0.3) is 0 Å². The van der Waals surface area contributed by atoms with Crippen molar-refractivity contribution in [1.82, 2.24) is 15.5 Å². The van der Waals surface area contributed by atoms with Crippen LogP contribution in [0.2, 0.25) is 10.0 Å². The summed E-state index contributed by atoms with van der Waals surface area (Å²) in [5.74, 6) is -0.459. The van der Waals surface area contributed by atoms with Crippen LogP contribution in [-0.2, 0) is 25.7 Å². The number of hydrogen-bond acceptors (Lipinski definition) is 7. The highest BCUT2D eigenvalue weighted by atomic mass is 35.5. The maximum atomic E-state index is 14.6. The van der Waals surface area contributed by atoms with E-state index in [9.17, 15) is 21.6 Å². The Bertz CT molecular complexity index is 1460. The van der Waals surface area contributed by atoms with Gasteiger partial charge in [-0.15, -0.1) is 0 Å². The molecule has 2 unspecified atom stereocenters. The van der Waals surface area contributed by atoms with Crippen LogP contribution in [0.5, 0.6) is 5.75 Å². The van der Waals surface area contributed by atoms with E-state index in [0.29, 0.717) is 36.3 Å². The van der Waals surface area contributed by atoms with Crippen molar-refractivity contribution < 1.29 is 31.1 Å². The van der Waals surface area contributed by atoms with Gasteiger partial charge in [0.2, 0.25) is 4.99 Å².